The van der Waals surface area contributed by atoms with Crippen LogP contribution in [0.15, 0.2) is 0 Å². The van der Waals surface area contributed by atoms with Gasteiger partial charge in [-0.05, 0) is 23.2 Å². The van der Waals surface area contributed by atoms with Crippen molar-refractivity contribution in [2.24, 2.45) is 16.7 Å². The first-order chi connectivity index (χ1) is 7.71. The van der Waals surface area contributed by atoms with Crippen LogP contribution in [0.4, 0.5) is 0 Å². The van der Waals surface area contributed by atoms with Gasteiger partial charge in [0.15, 0.2) is 0 Å². The first-order valence-electron chi connectivity index (χ1n) is 5.79. The molecule has 4 heteroatoms. The van der Waals surface area contributed by atoms with E-state index in [2.05, 4.69) is 34.6 Å². The van der Waals surface area contributed by atoms with Gasteiger partial charge in [0, 0.05) is 0 Å². The summed E-state index contributed by atoms with van der Waals surface area (Å²) in [6, 6.07) is 0. The molecule has 0 bridgehead atoms. The number of rotatable bonds is 0. The van der Waals surface area contributed by atoms with Crippen LogP contribution in [0, 0.1) is 27.6 Å². The predicted molar refractivity (Wildman–Crippen MR) is 67.4 cm³/mol. The Kier molecular flexibility index (Phi) is 8.47. The summed E-state index contributed by atoms with van der Waals surface area (Å²) in [5.74, 6) is 0.895. The van der Waals surface area contributed by atoms with E-state index < -0.39 is 0 Å². The lowest BCUT2D eigenvalue weighted by Gasteiger charge is -2.50. The monoisotopic (exact) mass is 240 g/mol. The van der Waals surface area contributed by atoms with E-state index in [1.807, 2.05) is 0 Å². The molecule has 17 heavy (non-hydrogen) atoms. The van der Waals surface area contributed by atoms with Crippen LogP contribution >= 0.6 is 0 Å². The van der Waals surface area contributed by atoms with E-state index in [0.29, 0.717) is 10.8 Å². The zero-order valence-corrected chi connectivity index (χ0v) is 11.5. The maximum absolute atomic E-state index is 8.35. The van der Waals surface area contributed by atoms with Gasteiger partial charge in [-0.25, -0.2) is 20.4 Å². The largest absolute Gasteiger partial charge is 0.231 e. The van der Waals surface area contributed by atoms with Crippen LogP contribution in [0.2, 0.25) is 0 Å². The lowest BCUT2D eigenvalue weighted by atomic mass is 9.55. The Hall–Kier alpha value is -1.24. The lowest BCUT2D eigenvalue weighted by molar-refractivity contribution is -0.000363. The molecule has 98 valence electrons. The molecule has 0 saturated heterocycles. The summed E-state index contributed by atoms with van der Waals surface area (Å²) in [5.41, 5.74) is 1.08. The fraction of sp³-hybridized carbons (Fsp3) is 0.846. The van der Waals surface area contributed by atoms with Crippen molar-refractivity contribution in [1.29, 1.82) is 10.8 Å². The molecule has 1 aliphatic carbocycles. The van der Waals surface area contributed by atoms with Crippen LogP contribution in [0.5, 0.6) is 0 Å². The minimum atomic E-state index is 0.533. The fourth-order valence-electron chi connectivity index (χ4n) is 2.20. The van der Waals surface area contributed by atoms with E-state index in [4.69, 9.17) is 20.4 Å². The average molecular weight is 240 g/mol. The second-order valence-corrected chi connectivity index (χ2v) is 5.60. The zero-order chi connectivity index (χ0) is 14.1. The molecule has 1 unspecified atom stereocenters. The highest BCUT2D eigenvalue weighted by atomic mass is 16.1. The molecule has 1 rings (SSSR count). The molecule has 0 spiro atoms. The molecule has 1 saturated carbocycles. The summed E-state index contributed by atoms with van der Waals surface area (Å²) in [6.45, 7) is 12.1. The zero-order valence-electron chi connectivity index (χ0n) is 11.5. The van der Waals surface area contributed by atoms with Crippen molar-refractivity contribution in [3.8, 4) is 0 Å². The number of hydrogen-bond acceptors (Lipinski definition) is 4. The second-order valence-electron chi connectivity index (χ2n) is 5.60. The standard InChI is InChI=1S/C11H22.2CHNO/c1-9-7-6-8-10(2,3)11(9,4)5;2*2-1-3/h9H,6-8H2,1-5H3;2*2H. The molecule has 1 atom stereocenters. The summed E-state index contributed by atoms with van der Waals surface area (Å²) in [4.78, 5) is 16.7. The maximum atomic E-state index is 8.35. The minimum absolute atomic E-state index is 0.533. The molecule has 0 aliphatic heterocycles. The van der Waals surface area contributed by atoms with Crippen LogP contribution in [0.1, 0.15) is 53.9 Å². The molecule has 0 aromatic rings. The molecule has 2 N–H and O–H groups in total. The molecular formula is C13H24N2O2. The third-order valence-corrected chi connectivity index (χ3v) is 4.42. The van der Waals surface area contributed by atoms with Gasteiger partial charge in [0.25, 0.3) is 0 Å². The van der Waals surface area contributed by atoms with E-state index >= 15 is 0 Å². The first kappa shape index (κ1) is 18.1. The third kappa shape index (κ3) is 5.58. The van der Waals surface area contributed by atoms with Crippen LogP contribution in [0.25, 0.3) is 0 Å². The Labute approximate surface area is 104 Å². The van der Waals surface area contributed by atoms with Crippen LogP contribution < -0.4 is 0 Å². The number of nitrogens with one attached hydrogen (secondary N) is 2. The van der Waals surface area contributed by atoms with Gasteiger partial charge in [-0.2, -0.15) is 0 Å². The summed E-state index contributed by atoms with van der Waals surface area (Å²) in [5, 5.41) is 10.8. The van der Waals surface area contributed by atoms with Crippen molar-refractivity contribution in [1.82, 2.24) is 0 Å². The molecule has 1 fully saturated rings. The second kappa shape index (κ2) is 7.94. The SMILES string of the molecule is CC1CCCC(C)(C)C1(C)C.N=C=O.N=C=O. The first-order valence-corrected chi connectivity index (χ1v) is 5.79. The van der Waals surface area contributed by atoms with E-state index in [9.17, 15) is 0 Å². The fourth-order valence-corrected chi connectivity index (χ4v) is 2.20. The van der Waals surface area contributed by atoms with Gasteiger partial charge in [-0.1, -0.05) is 47.5 Å². The van der Waals surface area contributed by atoms with Gasteiger partial charge in [-0.15, -0.1) is 0 Å². The molecule has 0 aromatic carbocycles. The highest BCUT2D eigenvalue weighted by Crippen LogP contribution is 2.52. The predicted octanol–water partition coefficient (Wildman–Crippen LogP) is 3.66. The summed E-state index contributed by atoms with van der Waals surface area (Å²) < 4.78 is 0. The number of isocyanates is 2. The van der Waals surface area contributed by atoms with E-state index in [-0.39, 0.29) is 0 Å². The Morgan fingerprint density at radius 3 is 1.65 bits per heavy atom. The van der Waals surface area contributed by atoms with Gasteiger partial charge in [0.2, 0.25) is 12.2 Å². The summed E-state index contributed by atoms with van der Waals surface area (Å²) in [6.07, 6.45) is 5.76. The topological polar surface area (TPSA) is 81.8 Å². The van der Waals surface area contributed by atoms with Crippen molar-refractivity contribution in [3.63, 3.8) is 0 Å². The van der Waals surface area contributed by atoms with Gasteiger partial charge in [0.1, 0.15) is 0 Å². The molecule has 0 amide bonds. The van der Waals surface area contributed by atoms with Crippen molar-refractivity contribution < 1.29 is 9.59 Å². The van der Waals surface area contributed by atoms with E-state index in [1.54, 1.807) is 0 Å². The van der Waals surface area contributed by atoms with Crippen LogP contribution in [-0.2, 0) is 9.59 Å². The van der Waals surface area contributed by atoms with Crippen molar-refractivity contribution in [2.75, 3.05) is 0 Å². The van der Waals surface area contributed by atoms with Crippen molar-refractivity contribution in [3.05, 3.63) is 0 Å². The molecule has 0 aromatic heterocycles. The van der Waals surface area contributed by atoms with Gasteiger partial charge in [0.05, 0.1) is 0 Å². The quantitative estimate of drug-likeness (QED) is 0.500. The summed E-state index contributed by atoms with van der Waals surface area (Å²) >= 11 is 0. The molecule has 4 nitrogen and oxygen atoms in total. The smallest absolute Gasteiger partial charge is 0.222 e. The Balaban J connectivity index is 0. The minimum Gasteiger partial charge on any atom is -0.222 e. The lowest BCUT2D eigenvalue weighted by Crippen LogP contribution is -2.41. The molecule has 0 radical (unpaired) electrons. The van der Waals surface area contributed by atoms with Crippen LogP contribution in [0.3, 0.4) is 0 Å². The van der Waals surface area contributed by atoms with E-state index in [0.717, 1.165) is 18.1 Å². The Morgan fingerprint density at radius 1 is 1.06 bits per heavy atom. The van der Waals surface area contributed by atoms with Crippen molar-refractivity contribution in [2.45, 2.75) is 53.9 Å². The van der Waals surface area contributed by atoms with Gasteiger partial charge < -0.3 is 0 Å². The van der Waals surface area contributed by atoms with Crippen molar-refractivity contribution >= 4 is 12.2 Å². The Morgan fingerprint density at radius 2 is 1.41 bits per heavy atom. The highest BCUT2D eigenvalue weighted by Gasteiger charge is 2.43. The molecular weight excluding hydrogens is 216 g/mol. The maximum Gasteiger partial charge on any atom is 0.231 e. The van der Waals surface area contributed by atoms with Crippen LogP contribution in [-0.4, -0.2) is 12.2 Å². The van der Waals surface area contributed by atoms with E-state index in [1.165, 1.54) is 19.3 Å². The number of hydrogen-bond donors (Lipinski definition) is 2. The van der Waals surface area contributed by atoms with Gasteiger partial charge >= 0.3 is 0 Å². The number of carbonyl (C=O) groups excluding carboxylic acids is 2. The average Bonchev–Trinajstić information content (AvgIpc) is 2.17. The Bertz CT molecular complexity index is 272. The molecule has 0 heterocycles. The summed E-state index contributed by atoms with van der Waals surface area (Å²) in [7, 11) is 0. The normalized spacial score (nSPS) is 23.7. The highest BCUT2D eigenvalue weighted by molar-refractivity contribution is 5.26. The van der Waals surface area contributed by atoms with Gasteiger partial charge in [-0.3, -0.25) is 0 Å². The molecule has 1 aliphatic rings. The third-order valence-electron chi connectivity index (χ3n) is 4.42.